The first-order valence-electron chi connectivity index (χ1n) is 3.70. The second-order valence-electron chi connectivity index (χ2n) is 2.60. The number of nitrogens with zero attached hydrogens (tertiary/aromatic N) is 3. The lowest BCUT2D eigenvalue weighted by Gasteiger charge is -2.15. The lowest BCUT2D eigenvalue weighted by molar-refractivity contribution is 0.134. The second kappa shape index (κ2) is 5.43. The summed E-state index contributed by atoms with van der Waals surface area (Å²) >= 11 is 0. The number of alkyl halides is 2. The van der Waals surface area contributed by atoms with Gasteiger partial charge in [-0.3, -0.25) is 0 Å². The number of fused-ring (bicyclic) bond motifs is 1. The van der Waals surface area contributed by atoms with E-state index in [1.807, 2.05) is 0 Å². The molecule has 2 rings (SSSR count). The van der Waals surface area contributed by atoms with Crippen LogP contribution in [0, 0.1) is 0 Å². The predicted molar refractivity (Wildman–Crippen MR) is 51.2 cm³/mol. The average Bonchev–Trinajstić information content (AvgIpc) is 2.47. The molecule has 2 heterocycles. The maximum absolute atomic E-state index is 12.2. The fourth-order valence-corrected chi connectivity index (χ4v) is 1.28. The molecule has 0 spiro atoms. The topological polar surface area (TPSA) is 42.7 Å². The zero-order chi connectivity index (χ0) is 8.55. The maximum Gasteiger partial charge on any atom is 0.297 e. The molecule has 0 aliphatic carbocycles. The minimum Gasteiger partial charge on any atom is -0.308 e. The van der Waals surface area contributed by atoms with Crippen molar-refractivity contribution < 1.29 is 8.78 Å². The summed E-state index contributed by atoms with van der Waals surface area (Å²) in [6.45, 7) is 1.76. The van der Waals surface area contributed by atoms with Crippen LogP contribution in [0.25, 0.3) is 0 Å². The van der Waals surface area contributed by atoms with Crippen molar-refractivity contribution in [3.05, 3.63) is 11.6 Å². The first-order valence-corrected chi connectivity index (χ1v) is 3.70. The molecule has 0 atom stereocenters. The minimum absolute atomic E-state index is 0. The molecule has 4 nitrogen and oxygen atoms in total. The van der Waals surface area contributed by atoms with Crippen molar-refractivity contribution >= 4 is 24.8 Å². The van der Waals surface area contributed by atoms with Crippen molar-refractivity contribution in [3.8, 4) is 0 Å². The third kappa shape index (κ3) is 2.31. The normalized spacial score (nSPS) is 14.2. The Morgan fingerprint density at radius 2 is 2.00 bits per heavy atom. The van der Waals surface area contributed by atoms with Gasteiger partial charge in [-0.05, 0) is 0 Å². The molecule has 1 aliphatic rings. The van der Waals surface area contributed by atoms with Crippen LogP contribution < -0.4 is 5.32 Å². The summed E-state index contributed by atoms with van der Waals surface area (Å²) in [5.41, 5.74) is 0. The zero-order valence-electron chi connectivity index (χ0n) is 7.11. The highest BCUT2D eigenvalue weighted by molar-refractivity contribution is 5.85. The van der Waals surface area contributed by atoms with E-state index in [4.69, 9.17) is 0 Å². The van der Waals surface area contributed by atoms with Crippen LogP contribution in [0.5, 0.6) is 0 Å². The highest BCUT2D eigenvalue weighted by Crippen LogP contribution is 2.18. The SMILES string of the molecule is Cl.Cl.FC(F)c1nnc2n1CCNC2. The van der Waals surface area contributed by atoms with Crippen molar-refractivity contribution in [1.82, 2.24) is 20.1 Å². The standard InChI is InChI=1S/C6H8F2N4.2ClH/c7-5(8)6-11-10-4-3-9-1-2-12(4)6;;/h5,9H,1-3H2;2*1H. The zero-order valence-corrected chi connectivity index (χ0v) is 8.75. The van der Waals surface area contributed by atoms with Gasteiger partial charge in [-0.2, -0.15) is 0 Å². The van der Waals surface area contributed by atoms with Crippen LogP contribution in [0.4, 0.5) is 8.78 Å². The van der Waals surface area contributed by atoms with E-state index in [9.17, 15) is 8.78 Å². The number of halogens is 4. The van der Waals surface area contributed by atoms with Crippen molar-refractivity contribution in [2.45, 2.75) is 19.5 Å². The largest absolute Gasteiger partial charge is 0.308 e. The number of hydrogen-bond donors (Lipinski definition) is 1. The molecule has 0 fully saturated rings. The Balaban J connectivity index is 0.000000845. The van der Waals surface area contributed by atoms with E-state index in [-0.39, 0.29) is 30.6 Å². The van der Waals surface area contributed by atoms with Gasteiger partial charge in [0.25, 0.3) is 6.43 Å². The van der Waals surface area contributed by atoms with E-state index in [1.165, 1.54) is 4.57 Å². The smallest absolute Gasteiger partial charge is 0.297 e. The third-order valence-electron chi connectivity index (χ3n) is 1.85. The molecule has 0 saturated heterocycles. The van der Waals surface area contributed by atoms with Crippen LogP contribution in [0.15, 0.2) is 0 Å². The van der Waals surface area contributed by atoms with Gasteiger partial charge < -0.3 is 9.88 Å². The Kier molecular flexibility index (Phi) is 5.25. The summed E-state index contributed by atoms with van der Waals surface area (Å²) in [7, 11) is 0. The fourth-order valence-electron chi connectivity index (χ4n) is 1.28. The van der Waals surface area contributed by atoms with Gasteiger partial charge in [-0.25, -0.2) is 8.78 Å². The molecule has 1 aromatic heterocycles. The first kappa shape index (κ1) is 13.5. The Morgan fingerprint density at radius 3 is 2.64 bits per heavy atom. The molecule has 0 aromatic carbocycles. The molecule has 0 radical (unpaired) electrons. The number of nitrogens with one attached hydrogen (secondary N) is 1. The Morgan fingerprint density at radius 1 is 1.29 bits per heavy atom. The molecule has 1 aromatic rings. The lowest BCUT2D eigenvalue weighted by Crippen LogP contribution is -2.29. The van der Waals surface area contributed by atoms with Crippen LogP contribution in [0.2, 0.25) is 0 Å². The summed E-state index contributed by atoms with van der Waals surface area (Å²) < 4.78 is 26.0. The van der Waals surface area contributed by atoms with E-state index in [0.29, 0.717) is 25.5 Å². The molecule has 0 amide bonds. The van der Waals surface area contributed by atoms with Crippen LogP contribution in [-0.4, -0.2) is 21.3 Å². The van der Waals surface area contributed by atoms with E-state index in [2.05, 4.69) is 15.5 Å². The molecule has 1 N–H and O–H groups in total. The van der Waals surface area contributed by atoms with E-state index >= 15 is 0 Å². The van der Waals surface area contributed by atoms with Crippen molar-refractivity contribution in [1.29, 1.82) is 0 Å². The third-order valence-corrected chi connectivity index (χ3v) is 1.85. The van der Waals surface area contributed by atoms with Gasteiger partial charge >= 0.3 is 0 Å². The van der Waals surface area contributed by atoms with Crippen molar-refractivity contribution in [2.24, 2.45) is 0 Å². The summed E-state index contributed by atoms with van der Waals surface area (Å²) in [6, 6.07) is 0. The Hall–Kier alpha value is -0.460. The number of hydrogen-bond acceptors (Lipinski definition) is 3. The maximum atomic E-state index is 12.2. The monoisotopic (exact) mass is 246 g/mol. The van der Waals surface area contributed by atoms with E-state index < -0.39 is 6.43 Å². The Bertz CT molecular complexity index is 291. The molecule has 1 aliphatic heterocycles. The van der Waals surface area contributed by atoms with Crippen LogP contribution >= 0.6 is 24.8 Å². The summed E-state index contributed by atoms with van der Waals surface area (Å²) in [5, 5.41) is 10.1. The first-order chi connectivity index (χ1) is 5.79. The lowest BCUT2D eigenvalue weighted by atomic mass is 10.4. The molecular formula is C6H10Cl2F2N4. The summed E-state index contributed by atoms with van der Waals surface area (Å²) in [5.74, 6) is 0.378. The highest BCUT2D eigenvalue weighted by atomic mass is 35.5. The average molecular weight is 247 g/mol. The van der Waals surface area contributed by atoms with Gasteiger partial charge in [0.2, 0.25) is 0 Å². The molecule has 8 heteroatoms. The van der Waals surface area contributed by atoms with Gasteiger partial charge in [-0.1, -0.05) is 0 Å². The van der Waals surface area contributed by atoms with Crippen LogP contribution in [-0.2, 0) is 13.1 Å². The number of rotatable bonds is 1. The molecule has 0 bridgehead atoms. The summed E-state index contributed by atoms with van der Waals surface area (Å²) in [6.07, 6.45) is -2.52. The predicted octanol–water partition coefficient (Wildman–Crippen LogP) is 1.16. The van der Waals surface area contributed by atoms with Gasteiger partial charge in [-0.15, -0.1) is 35.0 Å². The molecular weight excluding hydrogens is 237 g/mol. The molecule has 0 saturated carbocycles. The highest BCUT2D eigenvalue weighted by Gasteiger charge is 2.21. The van der Waals surface area contributed by atoms with E-state index in [0.717, 1.165) is 0 Å². The molecule has 14 heavy (non-hydrogen) atoms. The van der Waals surface area contributed by atoms with Gasteiger partial charge in [0.1, 0.15) is 5.82 Å². The van der Waals surface area contributed by atoms with Gasteiger partial charge in [0.15, 0.2) is 5.82 Å². The quantitative estimate of drug-likeness (QED) is 0.809. The number of aromatic nitrogens is 3. The van der Waals surface area contributed by atoms with Gasteiger partial charge in [0.05, 0.1) is 6.54 Å². The van der Waals surface area contributed by atoms with E-state index in [1.54, 1.807) is 0 Å². The van der Waals surface area contributed by atoms with Crippen LogP contribution in [0.1, 0.15) is 18.1 Å². The van der Waals surface area contributed by atoms with Crippen molar-refractivity contribution in [2.75, 3.05) is 6.54 Å². The van der Waals surface area contributed by atoms with Crippen molar-refractivity contribution in [3.63, 3.8) is 0 Å². The minimum atomic E-state index is -2.52. The fraction of sp³-hybridized carbons (Fsp3) is 0.667. The molecule has 0 unspecified atom stereocenters. The second-order valence-corrected chi connectivity index (χ2v) is 2.60. The summed E-state index contributed by atoms with van der Waals surface area (Å²) in [4.78, 5) is 0. The van der Waals surface area contributed by atoms with Gasteiger partial charge in [0, 0.05) is 13.1 Å². The Labute approximate surface area is 91.9 Å². The van der Waals surface area contributed by atoms with Crippen LogP contribution in [0.3, 0.4) is 0 Å². The molecule has 82 valence electrons.